The van der Waals surface area contributed by atoms with Gasteiger partial charge in [0.25, 0.3) is 0 Å². The van der Waals surface area contributed by atoms with Crippen molar-refractivity contribution in [3.8, 4) is 11.5 Å². The zero-order chi connectivity index (χ0) is 46.2. The molecule has 4 aromatic rings. The van der Waals surface area contributed by atoms with E-state index in [1.807, 2.05) is 18.2 Å². The molecule has 7 atom stereocenters. The summed E-state index contributed by atoms with van der Waals surface area (Å²) in [7, 11) is -16.4. The number of imidazole rings is 1. The second-order valence-electron chi connectivity index (χ2n) is 14.1. The minimum atomic E-state index is -5.59. The third-order valence-corrected chi connectivity index (χ3v) is 12.8. The van der Waals surface area contributed by atoms with Gasteiger partial charge in [0.1, 0.15) is 47.8 Å². The zero-order valence-corrected chi connectivity index (χ0v) is 36.7. The first-order valence-corrected chi connectivity index (χ1v) is 23.9. The number of fused-ring (bicyclic) bond motifs is 1. The Kier molecular flexibility index (Phi) is 16.8. The summed E-state index contributed by atoms with van der Waals surface area (Å²) in [4.78, 5) is 88.8. The quantitative estimate of drug-likeness (QED) is 0.0400. The second-order valence-corrected chi connectivity index (χ2v) is 19.5. The number of nitrogens with zero attached hydrogens (tertiary/aromatic N) is 4. The van der Waals surface area contributed by atoms with Crippen LogP contribution in [-0.4, -0.2) is 123 Å². The van der Waals surface area contributed by atoms with Crippen LogP contribution in [0.4, 0.5) is 5.82 Å². The number of aromatic nitrogens is 4. The lowest BCUT2D eigenvalue weighted by Gasteiger charge is -2.30. The van der Waals surface area contributed by atoms with Crippen LogP contribution in [0.25, 0.3) is 11.2 Å². The number of para-hydroxylation sites is 1. The van der Waals surface area contributed by atoms with Gasteiger partial charge in [0.15, 0.2) is 17.7 Å². The number of carbonyl (C=O) groups excluding carboxylic acids is 3. The maximum absolute atomic E-state index is 12.7. The molecule has 63 heavy (non-hydrogen) atoms. The number of anilines is 1. The summed E-state index contributed by atoms with van der Waals surface area (Å²) in [6.45, 7) is 0.351. The minimum Gasteiger partial charge on any atom is -0.457 e. The average molecular weight is 964 g/mol. The molecule has 344 valence electrons. The molecule has 0 saturated carbocycles. The van der Waals surface area contributed by atoms with Gasteiger partial charge in [-0.3, -0.25) is 32.5 Å². The average Bonchev–Trinajstić information content (AvgIpc) is 3.78. The SMILES string of the molecule is CC(C)(COP(=O)(O)OP(=O)(O)OC[C@H]1O[C@@H](n2cnc3c(N)ncnc32)[C@H](O)[C@@H]1OP(=O)(O)O)[C@@H](O)C(=O)NCCC(=O)NCCSC(=O)c1cccc(Oc2ccccc2)c1. The summed E-state index contributed by atoms with van der Waals surface area (Å²) >= 11 is 0.983. The third kappa shape index (κ3) is 14.4. The highest BCUT2D eigenvalue weighted by Crippen LogP contribution is 2.61. The van der Waals surface area contributed by atoms with Crippen molar-refractivity contribution in [3.05, 3.63) is 72.8 Å². The van der Waals surface area contributed by atoms with E-state index in [1.165, 1.54) is 13.8 Å². The van der Waals surface area contributed by atoms with Crippen molar-refractivity contribution < 1.29 is 85.2 Å². The lowest BCUT2D eigenvalue weighted by molar-refractivity contribution is -0.137. The van der Waals surface area contributed by atoms with Crippen LogP contribution in [0.15, 0.2) is 67.3 Å². The molecule has 2 aromatic heterocycles. The molecule has 3 heterocycles. The van der Waals surface area contributed by atoms with E-state index >= 15 is 0 Å². The van der Waals surface area contributed by atoms with Gasteiger partial charge in [0.2, 0.25) is 16.9 Å². The molecule has 10 N–H and O–H groups in total. The molecule has 0 spiro atoms. The molecule has 0 aliphatic carbocycles. The highest BCUT2D eigenvalue weighted by molar-refractivity contribution is 8.14. The summed E-state index contributed by atoms with van der Waals surface area (Å²) < 4.78 is 68.1. The van der Waals surface area contributed by atoms with E-state index < -0.39 is 84.6 Å². The highest BCUT2D eigenvalue weighted by Gasteiger charge is 2.50. The second kappa shape index (κ2) is 21.2. The molecule has 0 radical (unpaired) electrons. The number of rotatable bonds is 22. The van der Waals surface area contributed by atoms with Gasteiger partial charge in [-0.05, 0) is 24.3 Å². The van der Waals surface area contributed by atoms with Crippen molar-refractivity contribution in [2.75, 3.05) is 37.8 Å². The van der Waals surface area contributed by atoms with Crippen molar-refractivity contribution in [3.63, 3.8) is 0 Å². The number of carbonyl (C=O) groups is 3. The van der Waals surface area contributed by atoms with E-state index in [2.05, 4.69) is 34.4 Å². The Labute approximate surface area is 362 Å². The van der Waals surface area contributed by atoms with E-state index in [9.17, 15) is 57.9 Å². The fourth-order valence-corrected chi connectivity index (χ4v) is 9.18. The lowest BCUT2D eigenvalue weighted by atomic mass is 9.87. The predicted octanol–water partition coefficient (Wildman–Crippen LogP) is 1.77. The number of phosphoric ester groups is 3. The van der Waals surface area contributed by atoms with Crippen LogP contribution >= 0.6 is 35.2 Å². The van der Waals surface area contributed by atoms with Gasteiger partial charge in [-0.1, -0.05) is 55.9 Å². The van der Waals surface area contributed by atoms with Crippen LogP contribution < -0.4 is 21.1 Å². The molecular weight excluding hydrogens is 919 g/mol. The molecule has 2 aromatic carbocycles. The highest BCUT2D eigenvalue weighted by atomic mass is 32.2. The van der Waals surface area contributed by atoms with Crippen molar-refractivity contribution in [1.82, 2.24) is 30.2 Å². The number of phosphoric acid groups is 3. The van der Waals surface area contributed by atoms with Crippen LogP contribution in [0, 0.1) is 5.41 Å². The Hall–Kier alpha value is -4.20. The number of ether oxygens (including phenoxy) is 2. The lowest BCUT2D eigenvalue weighted by Crippen LogP contribution is -2.46. The van der Waals surface area contributed by atoms with Gasteiger partial charge in [-0.2, -0.15) is 4.31 Å². The first-order chi connectivity index (χ1) is 29.5. The standard InChI is InChI=1S/C34H44N7O18P3S/c1-34(2,28(44)31(45)37-12-11-24(42)36-13-14-63-33(46)20-7-6-10-22(15-20)56-21-8-4-3-5-9-21)17-55-62(52,53)59-61(50,51)54-16-23-27(58-60(47,48)49)26(43)32(57-23)41-19-40-25-29(35)38-18-39-30(25)41/h3-10,15,18-19,23,26-28,32,43-44H,11-14,16-17H2,1-2H3,(H,36,42)(H,37,45)(H,50,51)(H,52,53)(H2,35,38,39)(H2,47,48,49)/t23-,26-,27-,28+,32-/m1/s1. The Balaban J connectivity index is 1.03. The van der Waals surface area contributed by atoms with Crippen molar-refractivity contribution in [2.24, 2.45) is 5.41 Å². The predicted molar refractivity (Wildman–Crippen MR) is 219 cm³/mol. The molecular formula is C34H44N7O18P3S. The van der Waals surface area contributed by atoms with Gasteiger partial charge in [0.05, 0.1) is 19.5 Å². The Morgan fingerprint density at radius 3 is 2.37 bits per heavy atom. The smallest absolute Gasteiger partial charge is 0.457 e. The van der Waals surface area contributed by atoms with Crippen LogP contribution in [0.3, 0.4) is 0 Å². The van der Waals surface area contributed by atoms with Crippen LogP contribution in [0.5, 0.6) is 11.5 Å². The number of thioether (sulfide) groups is 1. The molecule has 1 aliphatic heterocycles. The number of aliphatic hydroxyl groups excluding tert-OH is 2. The maximum atomic E-state index is 12.7. The van der Waals surface area contributed by atoms with E-state index in [1.54, 1.807) is 36.4 Å². The zero-order valence-electron chi connectivity index (χ0n) is 33.2. The minimum absolute atomic E-state index is 0.0255. The number of aliphatic hydroxyl groups is 2. The topological polar surface area (TPSA) is 373 Å². The first kappa shape index (κ1) is 49.8. The number of hydrogen-bond donors (Lipinski definition) is 9. The number of nitrogens with two attached hydrogens (primary N) is 1. The van der Waals surface area contributed by atoms with Crippen molar-refractivity contribution >= 4 is 69.1 Å². The number of benzene rings is 2. The largest absolute Gasteiger partial charge is 0.481 e. The van der Waals surface area contributed by atoms with Crippen molar-refractivity contribution in [1.29, 1.82) is 0 Å². The first-order valence-electron chi connectivity index (χ1n) is 18.4. The Bertz CT molecular complexity index is 2390. The molecule has 1 fully saturated rings. The Morgan fingerprint density at radius 2 is 1.65 bits per heavy atom. The molecule has 1 aliphatic rings. The molecule has 2 unspecified atom stereocenters. The van der Waals surface area contributed by atoms with Crippen LogP contribution in [-0.2, 0) is 45.9 Å². The van der Waals surface area contributed by atoms with Gasteiger partial charge in [-0.25, -0.2) is 28.6 Å². The summed E-state index contributed by atoms with van der Waals surface area (Å²) in [5.41, 5.74) is 4.65. The van der Waals surface area contributed by atoms with E-state index in [0.717, 1.165) is 29.0 Å². The van der Waals surface area contributed by atoms with E-state index in [4.69, 9.17) is 24.3 Å². The normalized spacial score (nSPS) is 20.4. The number of nitrogens with one attached hydrogen (secondary N) is 2. The number of hydrogen-bond acceptors (Lipinski definition) is 19. The Morgan fingerprint density at radius 1 is 0.952 bits per heavy atom. The maximum Gasteiger partial charge on any atom is 0.481 e. The van der Waals surface area contributed by atoms with Gasteiger partial charge in [-0.15, -0.1) is 0 Å². The van der Waals surface area contributed by atoms with Gasteiger partial charge >= 0.3 is 23.5 Å². The van der Waals surface area contributed by atoms with E-state index in [-0.39, 0.29) is 47.4 Å². The fraction of sp³-hybridized carbons (Fsp3) is 0.412. The molecule has 29 heteroatoms. The summed E-state index contributed by atoms with van der Waals surface area (Å²) in [5.74, 6) is -0.172. The fourth-order valence-electron chi connectivity index (χ4n) is 5.67. The van der Waals surface area contributed by atoms with Crippen molar-refractivity contribution in [2.45, 2.75) is 50.9 Å². The molecule has 0 bridgehead atoms. The third-order valence-electron chi connectivity index (χ3n) is 8.78. The number of nitrogen functional groups attached to an aromatic ring is 1. The molecule has 5 rings (SSSR count). The van der Waals surface area contributed by atoms with Gasteiger partial charge < -0.3 is 55.6 Å². The van der Waals surface area contributed by atoms with E-state index in [0.29, 0.717) is 17.1 Å². The molecule has 25 nitrogen and oxygen atoms in total. The molecule has 1 saturated heterocycles. The van der Waals surface area contributed by atoms with Crippen LogP contribution in [0.2, 0.25) is 0 Å². The monoisotopic (exact) mass is 963 g/mol. The van der Waals surface area contributed by atoms with Gasteiger partial charge in [0, 0.05) is 36.2 Å². The molecule has 2 amide bonds. The number of amides is 2. The summed E-state index contributed by atoms with van der Waals surface area (Å²) in [5, 5.41) is 26.3. The summed E-state index contributed by atoms with van der Waals surface area (Å²) in [6, 6.07) is 15.7. The van der Waals surface area contributed by atoms with Crippen LogP contribution in [0.1, 0.15) is 36.9 Å². The summed E-state index contributed by atoms with van der Waals surface area (Å²) in [6.07, 6.45) is -7.02.